The minimum absolute atomic E-state index is 0.0425. The Morgan fingerprint density at radius 3 is 2.47 bits per heavy atom. The topological polar surface area (TPSA) is 101 Å². The van der Waals surface area contributed by atoms with Crippen LogP contribution in [-0.2, 0) is 16.6 Å². The van der Waals surface area contributed by atoms with Gasteiger partial charge in [0.25, 0.3) is 10.0 Å². The van der Waals surface area contributed by atoms with Gasteiger partial charge in [-0.3, -0.25) is 9.40 Å². The first-order chi connectivity index (χ1) is 16.1. The number of rotatable bonds is 7. The van der Waals surface area contributed by atoms with Crippen molar-refractivity contribution in [3.05, 3.63) is 77.9 Å². The van der Waals surface area contributed by atoms with Crippen LogP contribution in [0.4, 0.5) is 10.1 Å². The van der Waals surface area contributed by atoms with E-state index in [1.54, 1.807) is 48.0 Å². The summed E-state index contributed by atoms with van der Waals surface area (Å²) in [7, 11) is -3.94. The molecule has 0 unspecified atom stereocenters. The molecule has 0 saturated carbocycles. The van der Waals surface area contributed by atoms with Crippen molar-refractivity contribution in [2.45, 2.75) is 32.2 Å². The summed E-state index contributed by atoms with van der Waals surface area (Å²) in [5.41, 5.74) is 1.40. The molecule has 0 aliphatic heterocycles. The van der Waals surface area contributed by atoms with Crippen LogP contribution >= 0.6 is 0 Å². The average Bonchev–Trinajstić information content (AvgIpc) is 3.14. The van der Waals surface area contributed by atoms with Crippen molar-refractivity contribution in [2.24, 2.45) is 5.92 Å². The summed E-state index contributed by atoms with van der Waals surface area (Å²) < 4.78 is 45.4. The van der Waals surface area contributed by atoms with E-state index >= 15 is 0 Å². The van der Waals surface area contributed by atoms with Crippen LogP contribution in [0.2, 0.25) is 0 Å². The van der Waals surface area contributed by atoms with Crippen LogP contribution in [0.1, 0.15) is 29.9 Å². The predicted octanol–water partition coefficient (Wildman–Crippen LogP) is 5.31. The number of nitrogens with one attached hydrogen (secondary N) is 1. The Hall–Kier alpha value is -3.72. The van der Waals surface area contributed by atoms with Gasteiger partial charge in [0.05, 0.1) is 23.1 Å². The van der Waals surface area contributed by atoms with E-state index in [0.29, 0.717) is 40.2 Å². The number of halogens is 1. The predicted molar refractivity (Wildman–Crippen MR) is 129 cm³/mol. The van der Waals surface area contributed by atoms with Gasteiger partial charge in [0.2, 0.25) is 0 Å². The Balaban J connectivity index is 1.79. The van der Waals surface area contributed by atoms with Gasteiger partial charge in [0, 0.05) is 17.5 Å². The van der Waals surface area contributed by atoms with Crippen molar-refractivity contribution in [2.75, 3.05) is 4.72 Å². The lowest BCUT2D eigenvalue weighted by Gasteiger charge is -2.15. The monoisotopic (exact) mass is 481 g/mol. The van der Waals surface area contributed by atoms with E-state index in [1.807, 2.05) is 13.8 Å². The van der Waals surface area contributed by atoms with Crippen molar-refractivity contribution >= 4 is 32.5 Å². The SMILES string of the molecule is Cc1c(S(=O)(=O)Nc2ccc(-c3cc(C(=O)O)ccc3F)c3ccccc23)cnn1CC(C)C. The molecular formula is C25H24FN3O4S. The summed E-state index contributed by atoms with van der Waals surface area (Å²) in [6.45, 7) is 6.36. The number of benzene rings is 3. The highest BCUT2D eigenvalue weighted by Gasteiger charge is 2.23. The third-order valence-electron chi connectivity index (χ3n) is 5.56. The zero-order chi connectivity index (χ0) is 24.6. The molecule has 0 fully saturated rings. The Morgan fingerprint density at radius 2 is 1.79 bits per heavy atom. The normalized spacial score (nSPS) is 11.8. The molecule has 2 N–H and O–H groups in total. The molecular weight excluding hydrogens is 457 g/mol. The lowest BCUT2D eigenvalue weighted by molar-refractivity contribution is 0.0697. The van der Waals surface area contributed by atoms with Crippen molar-refractivity contribution < 1.29 is 22.7 Å². The summed E-state index contributed by atoms with van der Waals surface area (Å²) in [6.07, 6.45) is 1.34. The number of hydrogen-bond donors (Lipinski definition) is 2. The van der Waals surface area contributed by atoms with Gasteiger partial charge in [-0.15, -0.1) is 0 Å². The zero-order valence-electron chi connectivity index (χ0n) is 18.9. The van der Waals surface area contributed by atoms with Gasteiger partial charge in [-0.1, -0.05) is 44.2 Å². The first-order valence-electron chi connectivity index (χ1n) is 10.7. The van der Waals surface area contributed by atoms with Crippen LogP contribution in [0.15, 0.2) is 65.7 Å². The van der Waals surface area contributed by atoms with E-state index in [1.165, 1.54) is 18.3 Å². The lowest BCUT2D eigenvalue weighted by atomic mass is 9.95. The second-order valence-corrected chi connectivity index (χ2v) is 10.1. The summed E-state index contributed by atoms with van der Waals surface area (Å²) in [4.78, 5) is 11.5. The largest absolute Gasteiger partial charge is 0.478 e. The van der Waals surface area contributed by atoms with Gasteiger partial charge in [-0.25, -0.2) is 17.6 Å². The standard InChI is InChI=1S/C25H24FN3O4S/c1-15(2)14-29-16(3)24(13-27-29)34(32,33)28-23-11-9-19(18-6-4-5-7-20(18)23)21-12-17(25(30)31)8-10-22(21)26/h4-13,15,28H,14H2,1-3H3,(H,30,31). The van der Waals surface area contributed by atoms with Crippen LogP contribution < -0.4 is 4.72 Å². The number of sulfonamides is 1. The molecule has 1 aromatic heterocycles. The van der Waals surface area contributed by atoms with Crippen LogP contribution in [0.5, 0.6) is 0 Å². The molecule has 0 atom stereocenters. The van der Waals surface area contributed by atoms with E-state index in [2.05, 4.69) is 9.82 Å². The second kappa shape index (κ2) is 8.90. The Labute approximate surface area is 196 Å². The molecule has 0 saturated heterocycles. The van der Waals surface area contributed by atoms with Crippen LogP contribution in [0.3, 0.4) is 0 Å². The highest BCUT2D eigenvalue weighted by molar-refractivity contribution is 7.92. The Bertz CT molecular complexity index is 1510. The van der Waals surface area contributed by atoms with Gasteiger partial charge in [0.15, 0.2) is 0 Å². The molecule has 1 heterocycles. The van der Waals surface area contributed by atoms with E-state index in [9.17, 15) is 22.7 Å². The van der Waals surface area contributed by atoms with Crippen LogP contribution in [0, 0.1) is 18.7 Å². The number of fused-ring (bicyclic) bond motifs is 1. The molecule has 176 valence electrons. The highest BCUT2D eigenvalue weighted by atomic mass is 32.2. The molecule has 0 radical (unpaired) electrons. The smallest absolute Gasteiger partial charge is 0.335 e. The minimum Gasteiger partial charge on any atom is -0.478 e. The summed E-state index contributed by atoms with van der Waals surface area (Å²) >= 11 is 0. The fraction of sp³-hybridized carbons (Fsp3) is 0.200. The molecule has 7 nitrogen and oxygen atoms in total. The number of anilines is 1. The first-order valence-corrected chi connectivity index (χ1v) is 12.2. The Morgan fingerprint density at radius 1 is 1.09 bits per heavy atom. The third-order valence-corrected chi connectivity index (χ3v) is 7.03. The lowest BCUT2D eigenvalue weighted by Crippen LogP contribution is -2.15. The number of aromatic nitrogens is 2. The Kier molecular flexibility index (Phi) is 6.14. The third kappa shape index (κ3) is 4.38. The molecule has 0 spiro atoms. The van der Waals surface area contributed by atoms with Crippen molar-refractivity contribution in [1.82, 2.24) is 9.78 Å². The summed E-state index contributed by atoms with van der Waals surface area (Å²) in [6, 6.07) is 13.7. The summed E-state index contributed by atoms with van der Waals surface area (Å²) in [5.74, 6) is -1.43. The number of carboxylic acids is 1. The van der Waals surface area contributed by atoms with Crippen LogP contribution in [0.25, 0.3) is 21.9 Å². The molecule has 3 aromatic carbocycles. The van der Waals surface area contributed by atoms with E-state index < -0.39 is 21.8 Å². The number of carboxylic acid groups (broad SMARTS) is 1. The van der Waals surface area contributed by atoms with E-state index in [0.717, 1.165) is 6.07 Å². The van der Waals surface area contributed by atoms with Crippen molar-refractivity contribution in [3.8, 4) is 11.1 Å². The van der Waals surface area contributed by atoms with Crippen molar-refractivity contribution in [3.63, 3.8) is 0 Å². The maximum absolute atomic E-state index is 14.7. The molecule has 0 bridgehead atoms. The molecule has 4 rings (SSSR count). The minimum atomic E-state index is -3.94. The molecule has 0 aliphatic carbocycles. The van der Waals surface area contributed by atoms with Gasteiger partial charge in [-0.2, -0.15) is 5.10 Å². The molecule has 4 aromatic rings. The van der Waals surface area contributed by atoms with Gasteiger partial charge >= 0.3 is 5.97 Å². The molecule has 0 aliphatic rings. The first kappa shape index (κ1) is 23.4. The maximum atomic E-state index is 14.7. The number of carbonyl (C=O) groups is 1. The van der Waals surface area contributed by atoms with Gasteiger partial charge in [0.1, 0.15) is 10.7 Å². The summed E-state index contributed by atoms with van der Waals surface area (Å²) in [5, 5.41) is 14.7. The number of hydrogen-bond acceptors (Lipinski definition) is 4. The van der Waals surface area contributed by atoms with E-state index in [-0.39, 0.29) is 16.0 Å². The molecule has 0 amide bonds. The fourth-order valence-electron chi connectivity index (χ4n) is 3.91. The van der Waals surface area contributed by atoms with Crippen LogP contribution in [-0.4, -0.2) is 29.3 Å². The fourth-order valence-corrected chi connectivity index (χ4v) is 5.17. The maximum Gasteiger partial charge on any atom is 0.335 e. The van der Waals surface area contributed by atoms with Gasteiger partial charge in [-0.05, 0) is 48.1 Å². The van der Waals surface area contributed by atoms with Crippen molar-refractivity contribution in [1.29, 1.82) is 0 Å². The number of nitrogens with zero attached hydrogens (tertiary/aromatic N) is 2. The molecule has 9 heteroatoms. The second-order valence-electron chi connectivity index (χ2n) is 8.48. The van der Waals surface area contributed by atoms with E-state index in [4.69, 9.17) is 0 Å². The quantitative estimate of drug-likeness (QED) is 0.373. The number of aromatic carboxylic acids is 1. The highest BCUT2D eigenvalue weighted by Crippen LogP contribution is 2.36. The molecule has 34 heavy (non-hydrogen) atoms. The zero-order valence-corrected chi connectivity index (χ0v) is 19.7. The average molecular weight is 482 g/mol. The van der Waals surface area contributed by atoms with Gasteiger partial charge < -0.3 is 5.11 Å².